The molecule has 0 N–H and O–H groups in total. The molecule has 0 atom stereocenters. The zero-order valence-electron chi connectivity index (χ0n) is 22.7. The number of benzene rings is 3. The number of carbonyl (C=O) groups is 2. The second kappa shape index (κ2) is 15.0. The molecule has 6 nitrogen and oxygen atoms in total. The van der Waals surface area contributed by atoms with E-state index < -0.39 is 18.2 Å². The topological polar surface area (TPSA) is 65.1 Å². The van der Waals surface area contributed by atoms with Crippen LogP contribution in [0.4, 0.5) is 18.9 Å². The lowest BCUT2D eigenvalue weighted by atomic mass is 10.0. The number of amides is 1. The van der Waals surface area contributed by atoms with Gasteiger partial charge in [0, 0.05) is 23.9 Å². The molecular formula is C31H34F3NO5. The first kappa shape index (κ1) is 30.5. The van der Waals surface area contributed by atoms with Crippen molar-refractivity contribution in [3.05, 3.63) is 78.4 Å². The van der Waals surface area contributed by atoms with E-state index in [-0.39, 0.29) is 5.75 Å². The lowest BCUT2D eigenvalue weighted by Gasteiger charge is -2.23. The molecule has 214 valence electrons. The van der Waals surface area contributed by atoms with E-state index in [9.17, 15) is 22.8 Å². The van der Waals surface area contributed by atoms with E-state index in [2.05, 4.69) is 11.7 Å². The Bertz CT molecular complexity index is 1230. The molecule has 1 amide bonds. The van der Waals surface area contributed by atoms with Crippen LogP contribution in [0, 0.1) is 0 Å². The van der Waals surface area contributed by atoms with Crippen LogP contribution in [0.5, 0.6) is 11.5 Å². The van der Waals surface area contributed by atoms with Crippen molar-refractivity contribution in [3.63, 3.8) is 0 Å². The number of ether oxygens (including phenoxy) is 3. The second-order valence-corrected chi connectivity index (χ2v) is 9.20. The minimum atomic E-state index is -4.78. The zero-order valence-corrected chi connectivity index (χ0v) is 22.7. The number of hydrogen-bond donors (Lipinski definition) is 0. The number of anilines is 1. The van der Waals surface area contributed by atoms with Crippen molar-refractivity contribution in [1.29, 1.82) is 0 Å². The fourth-order valence-corrected chi connectivity index (χ4v) is 4.20. The highest BCUT2D eigenvalue weighted by Crippen LogP contribution is 2.36. The number of aryl methyl sites for hydroxylation is 1. The van der Waals surface area contributed by atoms with E-state index in [1.165, 1.54) is 34.7 Å². The molecule has 9 heteroatoms. The molecule has 0 aromatic heterocycles. The Morgan fingerprint density at radius 3 is 2.25 bits per heavy atom. The predicted molar refractivity (Wildman–Crippen MR) is 147 cm³/mol. The Hall–Kier alpha value is -4.01. The Kier molecular flexibility index (Phi) is 11.4. The van der Waals surface area contributed by atoms with Gasteiger partial charge in [0.1, 0.15) is 11.5 Å². The van der Waals surface area contributed by atoms with Crippen LogP contribution in [0.25, 0.3) is 11.1 Å². The number of carbonyl (C=O) groups excluding carboxylic acids is 2. The third kappa shape index (κ3) is 9.32. The highest BCUT2D eigenvalue weighted by Gasteiger charge is 2.31. The zero-order chi connectivity index (χ0) is 29.0. The summed E-state index contributed by atoms with van der Waals surface area (Å²) in [6, 6.07) is 20.6. The van der Waals surface area contributed by atoms with Crippen molar-refractivity contribution in [2.45, 2.75) is 51.8 Å². The summed E-state index contributed by atoms with van der Waals surface area (Å²) in [4.78, 5) is 26.5. The highest BCUT2D eigenvalue weighted by atomic mass is 19.4. The van der Waals surface area contributed by atoms with Gasteiger partial charge in [0.25, 0.3) is 0 Å². The summed E-state index contributed by atoms with van der Waals surface area (Å²) < 4.78 is 52.5. The van der Waals surface area contributed by atoms with Gasteiger partial charge in [0.2, 0.25) is 0 Å². The lowest BCUT2D eigenvalue weighted by molar-refractivity contribution is -0.274. The summed E-state index contributed by atoms with van der Waals surface area (Å²) in [5, 5.41) is 0. The summed E-state index contributed by atoms with van der Waals surface area (Å²) in [5.41, 5.74) is 2.89. The maximum absolute atomic E-state index is 13.0. The fraction of sp³-hybridized carbons (Fsp3) is 0.355. The monoisotopic (exact) mass is 557 g/mol. The van der Waals surface area contributed by atoms with Gasteiger partial charge in [0.15, 0.2) is 0 Å². The molecule has 0 aliphatic carbocycles. The fourth-order valence-electron chi connectivity index (χ4n) is 4.20. The van der Waals surface area contributed by atoms with Crippen LogP contribution in [0.15, 0.2) is 72.8 Å². The molecule has 3 aromatic carbocycles. The van der Waals surface area contributed by atoms with Gasteiger partial charge in [-0.15, -0.1) is 13.2 Å². The van der Waals surface area contributed by atoms with Crippen LogP contribution in [0.3, 0.4) is 0 Å². The summed E-state index contributed by atoms with van der Waals surface area (Å²) in [7, 11) is 1.16. The minimum absolute atomic E-state index is 0.291. The number of esters is 1. The Labute approximate surface area is 232 Å². The van der Waals surface area contributed by atoms with Crippen molar-refractivity contribution < 1.29 is 37.0 Å². The number of alkyl halides is 3. The molecule has 0 fully saturated rings. The van der Waals surface area contributed by atoms with Crippen molar-refractivity contribution in [2.24, 2.45) is 0 Å². The molecule has 0 aliphatic rings. The predicted octanol–water partition coefficient (Wildman–Crippen LogP) is 7.35. The van der Waals surface area contributed by atoms with Crippen molar-refractivity contribution in [2.75, 3.05) is 25.2 Å². The van der Waals surface area contributed by atoms with E-state index in [0.717, 1.165) is 39.2 Å². The van der Waals surface area contributed by atoms with Crippen molar-refractivity contribution in [1.82, 2.24) is 0 Å². The number of unbranched alkanes of at least 4 members (excludes halogenated alkanes) is 3. The van der Waals surface area contributed by atoms with Gasteiger partial charge in [0.05, 0.1) is 13.7 Å². The van der Waals surface area contributed by atoms with Crippen LogP contribution in [-0.4, -0.2) is 38.5 Å². The molecular weight excluding hydrogens is 523 g/mol. The van der Waals surface area contributed by atoms with Crippen molar-refractivity contribution >= 4 is 17.6 Å². The van der Waals surface area contributed by atoms with Gasteiger partial charge < -0.3 is 19.1 Å². The Balaban J connectivity index is 1.86. The highest BCUT2D eigenvalue weighted by molar-refractivity contribution is 6.38. The average molecular weight is 558 g/mol. The molecule has 3 rings (SSSR count). The smallest absolute Gasteiger partial charge is 0.493 e. The third-order valence-electron chi connectivity index (χ3n) is 6.23. The normalized spacial score (nSPS) is 11.1. The first-order chi connectivity index (χ1) is 19.2. The van der Waals surface area contributed by atoms with Crippen LogP contribution in [-0.2, 0) is 20.7 Å². The Morgan fingerprint density at radius 1 is 0.875 bits per heavy atom. The van der Waals surface area contributed by atoms with Crippen LogP contribution >= 0.6 is 0 Å². The molecule has 0 radical (unpaired) electrons. The minimum Gasteiger partial charge on any atom is -0.493 e. The number of halogens is 3. The molecule has 0 bridgehead atoms. The summed E-state index contributed by atoms with van der Waals surface area (Å²) >= 11 is 0. The maximum atomic E-state index is 13.0. The second-order valence-electron chi connectivity index (χ2n) is 9.20. The van der Waals surface area contributed by atoms with Gasteiger partial charge in [-0.2, -0.15) is 0 Å². The molecule has 0 saturated carbocycles. The Morgan fingerprint density at radius 2 is 1.60 bits per heavy atom. The van der Waals surface area contributed by atoms with Crippen LogP contribution in [0.1, 0.15) is 44.6 Å². The molecule has 3 aromatic rings. The van der Waals surface area contributed by atoms with E-state index >= 15 is 0 Å². The number of hydrogen-bond acceptors (Lipinski definition) is 5. The van der Waals surface area contributed by atoms with E-state index in [4.69, 9.17) is 9.47 Å². The van der Waals surface area contributed by atoms with E-state index in [0.29, 0.717) is 42.1 Å². The molecule has 40 heavy (non-hydrogen) atoms. The summed E-state index contributed by atoms with van der Waals surface area (Å²) in [6.45, 7) is 2.78. The lowest BCUT2D eigenvalue weighted by Crippen LogP contribution is -2.38. The van der Waals surface area contributed by atoms with Gasteiger partial charge in [-0.25, -0.2) is 4.79 Å². The van der Waals surface area contributed by atoms with Crippen LogP contribution < -0.4 is 14.4 Å². The maximum Gasteiger partial charge on any atom is 0.573 e. The van der Waals surface area contributed by atoms with Gasteiger partial charge in [-0.1, -0.05) is 62.2 Å². The van der Waals surface area contributed by atoms with Crippen molar-refractivity contribution in [3.8, 4) is 22.6 Å². The van der Waals surface area contributed by atoms with E-state index in [1.54, 1.807) is 18.2 Å². The molecule has 0 heterocycles. The number of rotatable bonds is 13. The quantitative estimate of drug-likeness (QED) is 0.125. The third-order valence-corrected chi connectivity index (χ3v) is 6.23. The first-order valence-electron chi connectivity index (χ1n) is 13.3. The average Bonchev–Trinajstić information content (AvgIpc) is 2.95. The summed E-state index contributed by atoms with van der Waals surface area (Å²) in [5.74, 6) is -1.65. The number of nitrogens with zero attached hydrogens (tertiary/aromatic N) is 1. The van der Waals surface area contributed by atoms with Gasteiger partial charge >= 0.3 is 18.2 Å². The van der Waals surface area contributed by atoms with Gasteiger partial charge in [-0.05, 0) is 61.1 Å². The van der Waals surface area contributed by atoms with Gasteiger partial charge in [-0.3, -0.25) is 4.79 Å². The first-order valence-corrected chi connectivity index (χ1v) is 13.3. The standard InChI is InChI=1S/C31H34F3NO5/c1-3-4-10-21-39-28-22-25(16-19-27(28)24-14-17-26(18-15-24)40-31(32,33)34)35(29(36)30(37)38-2)20-9-8-13-23-11-6-5-7-12-23/h5-7,11-12,14-19,22H,3-4,8-10,13,20-21H2,1-2H3. The number of methoxy groups -OCH3 is 1. The van der Waals surface area contributed by atoms with Crippen LogP contribution in [0.2, 0.25) is 0 Å². The summed E-state index contributed by atoms with van der Waals surface area (Å²) in [6.07, 6.45) is 0.275. The molecule has 0 spiro atoms. The SMILES string of the molecule is CCCCCOc1cc(N(CCCCc2ccccc2)C(=O)C(=O)OC)ccc1-c1ccc(OC(F)(F)F)cc1. The molecule has 0 saturated heterocycles. The largest absolute Gasteiger partial charge is 0.573 e. The van der Waals surface area contributed by atoms with E-state index in [1.807, 2.05) is 30.3 Å². The molecule has 0 aliphatic heterocycles. The molecule has 0 unspecified atom stereocenters.